The predicted molar refractivity (Wildman–Crippen MR) is 63.9 cm³/mol. The standard InChI is InChI=1S/C10H20N2O4S/c1-10(2,3)16-9(13)12-6-8(7-12)4-5-17(11,14)15/h8H,4-7H2,1-3H3,(H2,11,14,15). The van der Waals surface area contributed by atoms with E-state index < -0.39 is 15.6 Å². The fraction of sp³-hybridized carbons (Fsp3) is 0.900. The van der Waals surface area contributed by atoms with Crippen molar-refractivity contribution in [2.75, 3.05) is 18.8 Å². The third-order valence-corrected chi connectivity index (χ3v) is 3.22. The zero-order valence-electron chi connectivity index (χ0n) is 10.5. The van der Waals surface area contributed by atoms with Crippen LogP contribution in [0.2, 0.25) is 0 Å². The minimum atomic E-state index is -3.40. The molecule has 6 nitrogen and oxygen atoms in total. The molecule has 100 valence electrons. The summed E-state index contributed by atoms with van der Waals surface area (Å²) < 4.78 is 26.7. The molecule has 7 heteroatoms. The third-order valence-electron chi connectivity index (χ3n) is 2.42. The predicted octanol–water partition coefficient (Wildman–Crippen LogP) is 0.532. The number of ether oxygens (including phenoxy) is 1. The highest BCUT2D eigenvalue weighted by Crippen LogP contribution is 2.22. The Morgan fingerprint density at radius 2 is 1.94 bits per heavy atom. The van der Waals surface area contributed by atoms with E-state index in [1.54, 1.807) is 4.90 Å². The van der Waals surface area contributed by atoms with E-state index >= 15 is 0 Å². The lowest BCUT2D eigenvalue weighted by Crippen LogP contribution is -2.52. The number of nitrogens with zero attached hydrogens (tertiary/aromatic N) is 1. The van der Waals surface area contributed by atoms with Crippen molar-refractivity contribution in [3.63, 3.8) is 0 Å². The van der Waals surface area contributed by atoms with Crippen LogP contribution in [0.4, 0.5) is 4.79 Å². The maximum Gasteiger partial charge on any atom is 0.410 e. The van der Waals surface area contributed by atoms with E-state index in [9.17, 15) is 13.2 Å². The van der Waals surface area contributed by atoms with E-state index in [1.807, 2.05) is 20.8 Å². The number of hydrogen-bond acceptors (Lipinski definition) is 4. The van der Waals surface area contributed by atoms with Crippen molar-refractivity contribution in [1.29, 1.82) is 0 Å². The van der Waals surface area contributed by atoms with Crippen LogP contribution in [0.5, 0.6) is 0 Å². The van der Waals surface area contributed by atoms with Crippen LogP contribution in [0.25, 0.3) is 0 Å². The maximum absolute atomic E-state index is 11.5. The first-order chi connectivity index (χ1) is 7.57. The lowest BCUT2D eigenvalue weighted by Gasteiger charge is -2.39. The van der Waals surface area contributed by atoms with E-state index in [2.05, 4.69) is 0 Å². The maximum atomic E-state index is 11.5. The Balaban J connectivity index is 2.25. The second-order valence-electron chi connectivity index (χ2n) is 5.41. The second kappa shape index (κ2) is 4.81. The number of likely N-dealkylation sites (tertiary alicyclic amines) is 1. The van der Waals surface area contributed by atoms with Crippen molar-refractivity contribution < 1.29 is 17.9 Å². The summed E-state index contributed by atoms with van der Waals surface area (Å²) in [6.45, 7) is 6.52. The summed E-state index contributed by atoms with van der Waals surface area (Å²) in [5.74, 6) is 0.181. The van der Waals surface area contributed by atoms with Gasteiger partial charge in [-0.2, -0.15) is 0 Å². The van der Waals surface area contributed by atoms with E-state index in [0.717, 1.165) is 0 Å². The van der Waals surface area contributed by atoms with Gasteiger partial charge in [0.1, 0.15) is 5.60 Å². The molecule has 2 N–H and O–H groups in total. The first kappa shape index (κ1) is 14.2. The van der Waals surface area contributed by atoms with Crippen LogP contribution in [0.1, 0.15) is 27.2 Å². The Kier molecular flexibility index (Phi) is 4.03. The quantitative estimate of drug-likeness (QED) is 0.805. The van der Waals surface area contributed by atoms with Gasteiger partial charge in [0, 0.05) is 13.1 Å². The molecule has 0 unspecified atom stereocenters. The second-order valence-corrected chi connectivity index (χ2v) is 7.14. The fourth-order valence-electron chi connectivity index (χ4n) is 1.56. The molecule has 1 aliphatic heterocycles. The zero-order valence-corrected chi connectivity index (χ0v) is 11.3. The van der Waals surface area contributed by atoms with Gasteiger partial charge in [0.25, 0.3) is 0 Å². The minimum Gasteiger partial charge on any atom is -0.444 e. The molecule has 17 heavy (non-hydrogen) atoms. The molecule has 1 aliphatic rings. The molecule has 0 bridgehead atoms. The monoisotopic (exact) mass is 264 g/mol. The van der Waals surface area contributed by atoms with Crippen LogP contribution < -0.4 is 5.14 Å². The van der Waals surface area contributed by atoms with Gasteiger partial charge >= 0.3 is 6.09 Å². The molecular weight excluding hydrogens is 244 g/mol. The summed E-state index contributed by atoms with van der Waals surface area (Å²) >= 11 is 0. The summed E-state index contributed by atoms with van der Waals surface area (Å²) in [6.07, 6.45) is 0.155. The number of carbonyl (C=O) groups is 1. The van der Waals surface area contributed by atoms with E-state index in [1.165, 1.54) is 0 Å². The first-order valence-electron chi connectivity index (χ1n) is 5.55. The SMILES string of the molecule is CC(C)(C)OC(=O)N1CC(CCS(N)(=O)=O)C1. The number of primary sulfonamides is 1. The molecule has 0 aromatic heterocycles. The fourth-order valence-corrected chi connectivity index (χ4v) is 2.22. The van der Waals surface area contributed by atoms with E-state index in [4.69, 9.17) is 9.88 Å². The topological polar surface area (TPSA) is 89.7 Å². The van der Waals surface area contributed by atoms with Gasteiger partial charge in [-0.1, -0.05) is 0 Å². The van der Waals surface area contributed by atoms with Gasteiger partial charge in [-0.3, -0.25) is 0 Å². The Labute approximate surface area is 102 Å². The third kappa shape index (κ3) is 5.36. The highest BCUT2D eigenvalue weighted by atomic mass is 32.2. The minimum absolute atomic E-state index is 0.0280. The molecule has 0 aliphatic carbocycles. The van der Waals surface area contributed by atoms with E-state index in [0.29, 0.717) is 19.5 Å². The van der Waals surface area contributed by atoms with Crippen LogP contribution in [0, 0.1) is 5.92 Å². The summed E-state index contributed by atoms with van der Waals surface area (Å²) in [6, 6.07) is 0. The van der Waals surface area contributed by atoms with Crippen LogP contribution in [0.3, 0.4) is 0 Å². The smallest absolute Gasteiger partial charge is 0.410 e. The largest absolute Gasteiger partial charge is 0.444 e. The van der Waals surface area contributed by atoms with Crippen LogP contribution in [-0.4, -0.2) is 43.9 Å². The van der Waals surface area contributed by atoms with Crippen molar-refractivity contribution >= 4 is 16.1 Å². The number of rotatable bonds is 3. The molecule has 1 saturated heterocycles. The summed E-state index contributed by atoms with van der Waals surface area (Å²) in [5, 5.41) is 4.91. The molecule has 1 heterocycles. The van der Waals surface area contributed by atoms with Crippen molar-refractivity contribution in [3.8, 4) is 0 Å². The number of amides is 1. The number of carbonyl (C=O) groups excluding carboxylic acids is 1. The van der Waals surface area contributed by atoms with E-state index in [-0.39, 0.29) is 17.8 Å². The Morgan fingerprint density at radius 3 is 2.35 bits per heavy atom. The average molecular weight is 264 g/mol. The molecule has 1 rings (SSSR count). The van der Waals surface area contributed by atoms with Gasteiger partial charge in [-0.25, -0.2) is 18.4 Å². The molecular formula is C10H20N2O4S. The lowest BCUT2D eigenvalue weighted by atomic mass is 9.98. The highest BCUT2D eigenvalue weighted by molar-refractivity contribution is 7.89. The van der Waals surface area contributed by atoms with Crippen LogP contribution >= 0.6 is 0 Å². The summed E-state index contributed by atoms with van der Waals surface area (Å²) in [4.78, 5) is 13.1. The Bertz CT molecular complexity index is 380. The van der Waals surface area contributed by atoms with Crippen molar-refractivity contribution in [2.24, 2.45) is 11.1 Å². The van der Waals surface area contributed by atoms with Gasteiger partial charge in [0.05, 0.1) is 5.75 Å². The number of hydrogen-bond donors (Lipinski definition) is 1. The molecule has 0 spiro atoms. The molecule has 1 amide bonds. The molecule has 0 atom stereocenters. The van der Waals surface area contributed by atoms with Gasteiger partial charge < -0.3 is 9.64 Å². The van der Waals surface area contributed by atoms with Gasteiger partial charge in [-0.15, -0.1) is 0 Å². The number of sulfonamides is 1. The average Bonchev–Trinajstić information content (AvgIpc) is 1.94. The van der Waals surface area contributed by atoms with Crippen molar-refractivity contribution in [2.45, 2.75) is 32.8 Å². The zero-order chi connectivity index (χ0) is 13.3. The molecule has 1 fully saturated rings. The van der Waals surface area contributed by atoms with Gasteiger partial charge in [0.2, 0.25) is 10.0 Å². The molecule has 0 aromatic carbocycles. The van der Waals surface area contributed by atoms with Crippen LogP contribution in [0.15, 0.2) is 0 Å². The summed E-state index contributed by atoms with van der Waals surface area (Å²) in [5.41, 5.74) is -0.497. The Morgan fingerprint density at radius 1 is 1.41 bits per heavy atom. The van der Waals surface area contributed by atoms with Gasteiger partial charge in [0.15, 0.2) is 0 Å². The lowest BCUT2D eigenvalue weighted by molar-refractivity contribution is -0.00127. The van der Waals surface area contributed by atoms with Crippen molar-refractivity contribution in [1.82, 2.24) is 4.90 Å². The number of nitrogens with two attached hydrogens (primary N) is 1. The molecule has 0 aromatic rings. The van der Waals surface area contributed by atoms with Crippen molar-refractivity contribution in [3.05, 3.63) is 0 Å². The molecule has 0 radical (unpaired) electrons. The highest BCUT2D eigenvalue weighted by Gasteiger charge is 2.33. The summed E-state index contributed by atoms with van der Waals surface area (Å²) in [7, 11) is -3.40. The first-order valence-corrected chi connectivity index (χ1v) is 7.27. The van der Waals surface area contributed by atoms with Crippen LogP contribution in [-0.2, 0) is 14.8 Å². The molecule has 0 saturated carbocycles. The normalized spacial score (nSPS) is 17.8. The Hall–Kier alpha value is -0.820. The van der Waals surface area contributed by atoms with Gasteiger partial charge in [-0.05, 0) is 33.1 Å².